The number of carbonyl (C=O) groups is 1. The van der Waals surface area contributed by atoms with E-state index in [9.17, 15) is 18.0 Å². The Morgan fingerprint density at radius 2 is 1.90 bits per heavy atom. The first-order valence-corrected chi connectivity index (χ1v) is 6.54. The van der Waals surface area contributed by atoms with E-state index in [1.807, 2.05) is 6.92 Å². The Balaban J connectivity index is 2.40. The first kappa shape index (κ1) is 17.3. The summed E-state index contributed by atoms with van der Waals surface area (Å²) in [6, 6.07) is 5.48. The van der Waals surface area contributed by atoms with Crippen molar-refractivity contribution in [1.29, 1.82) is 0 Å². The maximum absolute atomic E-state index is 12.0. The van der Waals surface area contributed by atoms with Crippen LogP contribution in [0.5, 0.6) is 5.75 Å². The Labute approximate surface area is 121 Å². The highest BCUT2D eigenvalue weighted by Crippen LogP contribution is 2.22. The van der Waals surface area contributed by atoms with Gasteiger partial charge in [-0.05, 0) is 31.5 Å². The summed E-state index contributed by atoms with van der Waals surface area (Å²) in [4.78, 5) is 11.3. The molecule has 1 rings (SSSR count). The first-order valence-electron chi connectivity index (χ1n) is 6.54. The van der Waals surface area contributed by atoms with Gasteiger partial charge in [-0.2, -0.15) is 0 Å². The molecule has 0 fully saturated rings. The van der Waals surface area contributed by atoms with Gasteiger partial charge in [-0.25, -0.2) is 0 Å². The number of benzene rings is 1. The van der Waals surface area contributed by atoms with Gasteiger partial charge >= 0.3 is 12.3 Å². The van der Waals surface area contributed by atoms with Crippen LogP contribution in [0.2, 0.25) is 0 Å². The van der Waals surface area contributed by atoms with E-state index in [2.05, 4.69) is 10.1 Å². The smallest absolute Gasteiger partial charge is 0.466 e. The molecule has 0 saturated heterocycles. The zero-order valence-electron chi connectivity index (χ0n) is 11.9. The molecular weight excluding hydrogens is 287 g/mol. The van der Waals surface area contributed by atoms with Crippen LogP contribution >= 0.6 is 0 Å². The maximum Gasteiger partial charge on any atom is 0.573 e. The molecular formula is C14H18F3NO3. The lowest BCUT2D eigenvalue weighted by atomic mass is 10.2. The second kappa shape index (κ2) is 7.87. The van der Waals surface area contributed by atoms with Crippen molar-refractivity contribution in [3.05, 3.63) is 29.8 Å². The van der Waals surface area contributed by atoms with Gasteiger partial charge in [-0.3, -0.25) is 4.79 Å². The van der Waals surface area contributed by atoms with E-state index in [-0.39, 0.29) is 24.2 Å². The molecule has 4 nitrogen and oxygen atoms in total. The van der Waals surface area contributed by atoms with Gasteiger partial charge in [0.1, 0.15) is 5.75 Å². The Morgan fingerprint density at radius 1 is 1.29 bits per heavy atom. The molecule has 0 radical (unpaired) electrons. The summed E-state index contributed by atoms with van der Waals surface area (Å²) in [5.41, 5.74) is 0.792. The summed E-state index contributed by atoms with van der Waals surface area (Å²) in [5, 5.41) is 3.09. The van der Waals surface area contributed by atoms with Crippen molar-refractivity contribution in [1.82, 2.24) is 5.32 Å². The van der Waals surface area contributed by atoms with Crippen LogP contribution in [0.25, 0.3) is 0 Å². The first-order chi connectivity index (χ1) is 9.80. The lowest BCUT2D eigenvalue weighted by Crippen LogP contribution is -2.28. The van der Waals surface area contributed by atoms with Crippen LogP contribution in [0.4, 0.5) is 13.2 Å². The minimum absolute atomic E-state index is 0.0878. The third-order valence-electron chi connectivity index (χ3n) is 2.59. The molecule has 0 saturated carbocycles. The Kier molecular flexibility index (Phi) is 6.48. The standard InChI is InChI=1S/C14H18F3NO3/c1-3-20-13(19)8-10(2)18-9-11-4-6-12(7-5-11)21-14(15,16)17/h4-7,10,18H,3,8-9H2,1-2H3. The van der Waals surface area contributed by atoms with Crippen molar-refractivity contribution in [3.63, 3.8) is 0 Å². The van der Waals surface area contributed by atoms with Crippen LogP contribution in [0.3, 0.4) is 0 Å². The van der Waals surface area contributed by atoms with Crippen molar-refractivity contribution in [3.8, 4) is 5.75 Å². The number of alkyl halides is 3. The van der Waals surface area contributed by atoms with E-state index in [0.29, 0.717) is 13.2 Å². The molecule has 1 atom stereocenters. The quantitative estimate of drug-likeness (QED) is 0.787. The fraction of sp³-hybridized carbons (Fsp3) is 0.500. The van der Waals surface area contributed by atoms with Gasteiger partial charge < -0.3 is 14.8 Å². The van der Waals surface area contributed by atoms with Crippen molar-refractivity contribution >= 4 is 5.97 Å². The van der Waals surface area contributed by atoms with Gasteiger partial charge in [0.25, 0.3) is 0 Å². The third-order valence-corrected chi connectivity index (χ3v) is 2.59. The van der Waals surface area contributed by atoms with Gasteiger partial charge in [-0.1, -0.05) is 12.1 Å². The van der Waals surface area contributed by atoms with E-state index < -0.39 is 6.36 Å². The number of rotatable bonds is 7. The highest BCUT2D eigenvalue weighted by atomic mass is 19.4. The number of carbonyl (C=O) groups excluding carboxylic acids is 1. The van der Waals surface area contributed by atoms with E-state index in [1.165, 1.54) is 24.3 Å². The van der Waals surface area contributed by atoms with Crippen molar-refractivity contribution in [2.75, 3.05) is 6.61 Å². The summed E-state index contributed by atoms with van der Waals surface area (Å²) in [6.07, 6.45) is -4.45. The molecule has 0 aliphatic carbocycles. The molecule has 0 aromatic heterocycles. The summed E-state index contributed by atoms with van der Waals surface area (Å²) in [5.74, 6) is -0.544. The number of ether oxygens (including phenoxy) is 2. The summed E-state index contributed by atoms with van der Waals surface area (Å²) >= 11 is 0. The van der Waals surface area contributed by atoms with Crippen molar-refractivity contribution < 1.29 is 27.4 Å². The fourth-order valence-electron chi connectivity index (χ4n) is 1.64. The number of esters is 1. The molecule has 7 heteroatoms. The zero-order valence-corrected chi connectivity index (χ0v) is 11.9. The monoisotopic (exact) mass is 305 g/mol. The number of hydrogen-bond donors (Lipinski definition) is 1. The SMILES string of the molecule is CCOC(=O)CC(C)NCc1ccc(OC(F)(F)F)cc1. The van der Waals surface area contributed by atoms with Crippen LogP contribution in [0.15, 0.2) is 24.3 Å². The molecule has 1 unspecified atom stereocenters. The molecule has 1 N–H and O–H groups in total. The molecule has 0 spiro atoms. The van der Waals surface area contributed by atoms with Crippen LogP contribution in [0.1, 0.15) is 25.8 Å². The average Bonchev–Trinajstić information content (AvgIpc) is 2.36. The number of halogens is 3. The highest BCUT2D eigenvalue weighted by molar-refractivity contribution is 5.69. The zero-order chi connectivity index (χ0) is 15.9. The predicted molar refractivity (Wildman–Crippen MR) is 70.7 cm³/mol. The molecule has 0 aliphatic heterocycles. The van der Waals surface area contributed by atoms with Gasteiger partial charge in [-0.15, -0.1) is 13.2 Å². The average molecular weight is 305 g/mol. The molecule has 1 aromatic carbocycles. The molecule has 0 amide bonds. The van der Waals surface area contributed by atoms with Gasteiger partial charge in [0.15, 0.2) is 0 Å². The molecule has 0 heterocycles. The topological polar surface area (TPSA) is 47.6 Å². The molecule has 21 heavy (non-hydrogen) atoms. The normalized spacial score (nSPS) is 12.8. The van der Waals surface area contributed by atoms with Gasteiger partial charge in [0.2, 0.25) is 0 Å². The lowest BCUT2D eigenvalue weighted by molar-refractivity contribution is -0.274. The number of nitrogens with one attached hydrogen (secondary N) is 1. The Morgan fingerprint density at radius 3 is 2.43 bits per heavy atom. The van der Waals surface area contributed by atoms with Crippen LogP contribution in [-0.4, -0.2) is 25.0 Å². The third kappa shape index (κ3) is 7.55. The Hall–Kier alpha value is -1.76. The minimum atomic E-state index is -4.69. The molecule has 0 aliphatic rings. The van der Waals surface area contributed by atoms with E-state index in [1.54, 1.807) is 6.92 Å². The van der Waals surface area contributed by atoms with E-state index in [4.69, 9.17) is 4.74 Å². The maximum atomic E-state index is 12.0. The summed E-state index contributed by atoms with van der Waals surface area (Å²) < 4.78 is 44.6. The lowest BCUT2D eigenvalue weighted by Gasteiger charge is -2.13. The molecule has 1 aromatic rings. The Bertz CT molecular complexity index is 446. The van der Waals surface area contributed by atoms with Crippen LogP contribution < -0.4 is 10.1 Å². The van der Waals surface area contributed by atoms with Gasteiger partial charge in [0.05, 0.1) is 13.0 Å². The van der Waals surface area contributed by atoms with E-state index >= 15 is 0 Å². The largest absolute Gasteiger partial charge is 0.573 e. The summed E-state index contributed by atoms with van der Waals surface area (Å²) in [7, 11) is 0. The molecule has 0 bridgehead atoms. The van der Waals surface area contributed by atoms with Crippen LogP contribution in [0, 0.1) is 0 Å². The number of hydrogen-bond acceptors (Lipinski definition) is 4. The van der Waals surface area contributed by atoms with Crippen molar-refractivity contribution in [2.45, 2.75) is 39.2 Å². The van der Waals surface area contributed by atoms with E-state index in [0.717, 1.165) is 5.56 Å². The molecule has 118 valence electrons. The summed E-state index contributed by atoms with van der Waals surface area (Å²) in [6.45, 7) is 4.34. The van der Waals surface area contributed by atoms with Crippen molar-refractivity contribution in [2.24, 2.45) is 0 Å². The second-order valence-corrected chi connectivity index (χ2v) is 4.48. The van der Waals surface area contributed by atoms with Crippen LogP contribution in [-0.2, 0) is 16.1 Å². The minimum Gasteiger partial charge on any atom is -0.466 e. The highest BCUT2D eigenvalue weighted by Gasteiger charge is 2.30. The van der Waals surface area contributed by atoms with Gasteiger partial charge in [0, 0.05) is 12.6 Å². The second-order valence-electron chi connectivity index (χ2n) is 4.48. The fourth-order valence-corrected chi connectivity index (χ4v) is 1.64. The predicted octanol–water partition coefficient (Wildman–Crippen LogP) is 3.02.